The minimum Gasteiger partial charge on any atom is -0.464 e. The fourth-order valence-electron chi connectivity index (χ4n) is 2.08. The van der Waals surface area contributed by atoms with E-state index >= 15 is 0 Å². The topological polar surface area (TPSA) is 29.5 Å². The zero-order chi connectivity index (χ0) is 11.4. The van der Waals surface area contributed by atoms with Crippen LogP contribution in [0.3, 0.4) is 0 Å². The number of aryl methyl sites for hydroxylation is 1. The molecular formula is C13H16NO2. The maximum Gasteiger partial charge on any atom is 0.302 e. The molecule has 0 bridgehead atoms. The third-order valence-corrected chi connectivity index (χ3v) is 2.81. The van der Waals surface area contributed by atoms with Crippen molar-refractivity contribution < 1.29 is 9.53 Å². The summed E-state index contributed by atoms with van der Waals surface area (Å²) in [4.78, 5) is 13.0. The van der Waals surface area contributed by atoms with Gasteiger partial charge in [-0.3, -0.25) is 4.79 Å². The molecule has 16 heavy (non-hydrogen) atoms. The molecule has 1 heterocycles. The Morgan fingerprint density at radius 1 is 1.62 bits per heavy atom. The van der Waals surface area contributed by atoms with Crippen LogP contribution in [-0.2, 0) is 16.0 Å². The van der Waals surface area contributed by atoms with E-state index in [9.17, 15) is 4.79 Å². The summed E-state index contributed by atoms with van der Waals surface area (Å²) in [5.41, 5.74) is 2.61. The molecule has 1 aliphatic rings. The van der Waals surface area contributed by atoms with Gasteiger partial charge in [-0.2, -0.15) is 0 Å². The average Bonchev–Trinajstić information content (AvgIpc) is 2.29. The zero-order valence-electron chi connectivity index (χ0n) is 9.53. The molecule has 0 aliphatic carbocycles. The van der Waals surface area contributed by atoms with Crippen molar-refractivity contribution in [1.82, 2.24) is 0 Å². The summed E-state index contributed by atoms with van der Waals surface area (Å²) < 4.78 is 4.97. The SMILES string of the molecule is CC(=O)OCCN1CCCc2c[c]ccc21. The van der Waals surface area contributed by atoms with Crippen LogP contribution in [0.2, 0.25) is 0 Å². The van der Waals surface area contributed by atoms with Gasteiger partial charge >= 0.3 is 5.97 Å². The largest absolute Gasteiger partial charge is 0.464 e. The number of carbonyl (C=O) groups excluding carboxylic acids is 1. The first-order valence-corrected chi connectivity index (χ1v) is 5.64. The molecule has 2 rings (SSSR count). The highest BCUT2D eigenvalue weighted by Gasteiger charge is 2.15. The molecule has 3 nitrogen and oxygen atoms in total. The lowest BCUT2D eigenvalue weighted by molar-refractivity contribution is -0.140. The third-order valence-electron chi connectivity index (χ3n) is 2.81. The van der Waals surface area contributed by atoms with Gasteiger partial charge in [0.1, 0.15) is 6.61 Å². The second-order valence-corrected chi connectivity index (χ2v) is 3.99. The molecule has 85 valence electrons. The molecule has 0 saturated heterocycles. The average molecular weight is 218 g/mol. The first kappa shape index (κ1) is 11.0. The lowest BCUT2D eigenvalue weighted by Crippen LogP contribution is -2.32. The van der Waals surface area contributed by atoms with Gasteiger partial charge in [0, 0.05) is 19.2 Å². The Kier molecular flexibility index (Phi) is 3.44. The van der Waals surface area contributed by atoms with Crippen LogP contribution >= 0.6 is 0 Å². The Morgan fingerprint density at radius 2 is 2.50 bits per heavy atom. The van der Waals surface area contributed by atoms with E-state index in [-0.39, 0.29) is 5.97 Å². The Morgan fingerprint density at radius 3 is 3.31 bits per heavy atom. The maximum atomic E-state index is 10.7. The van der Waals surface area contributed by atoms with E-state index in [1.807, 2.05) is 12.1 Å². The van der Waals surface area contributed by atoms with Gasteiger partial charge in [0.25, 0.3) is 0 Å². The van der Waals surface area contributed by atoms with Crippen molar-refractivity contribution >= 4 is 11.7 Å². The summed E-state index contributed by atoms with van der Waals surface area (Å²) in [6.07, 6.45) is 2.28. The van der Waals surface area contributed by atoms with E-state index in [2.05, 4.69) is 17.0 Å². The highest BCUT2D eigenvalue weighted by molar-refractivity contribution is 5.66. The summed E-state index contributed by atoms with van der Waals surface area (Å²) in [5, 5.41) is 0. The van der Waals surface area contributed by atoms with Crippen LogP contribution in [0.25, 0.3) is 0 Å². The third kappa shape index (κ3) is 2.54. The number of esters is 1. The van der Waals surface area contributed by atoms with Crippen LogP contribution in [0.15, 0.2) is 18.2 Å². The number of fused-ring (bicyclic) bond motifs is 1. The fraction of sp³-hybridized carbons (Fsp3) is 0.462. The van der Waals surface area contributed by atoms with Crippen molar-refractivity contribution in [2.45, 2.75) is 19.8 Å². The molecule has 1 aliphatic heterocycles. The molecule has 0 N–H and O–H groups in total. The van der Waals surface area contributed by atoms with E-state index in [1.54, 1.807) is 0 Å². The number of hydrogen-bond donors (Lipinski definition) is 0. The lowest BCUT2D eigenvalue weighted by Gasteiger charge is -2.30. The van der Waals surface area contributed by atoms with E-state index in [1.165, 1.54) is 18.2 Å². The van der Waals surface area contributed by atoms with Gasteiger partial charge in [0.05, 0.1) is 6.54 Å². The second-order valence-electron chi connectivity index (χ2n) is 3.99. The predicted molar refractivity (Wildman–Crippen MR) is 62.4 cm³/mol. The van der Waals surface area contributed by atoms with Crippen molar-refractivity contribution in [3.63, 3.8) is 0 Å². The van der Waals surface area contributed by atoms with Gasteiger partial charge in [-0.05, 0) is 36.6 Å². The quantitative estimate of drug-likeness (QED) is 0.724. The summed E-state index contributed by atoms with van der Waals surface area (Å²) in [6.45, 7) is 3.72. The molecule has 0 saturated carbocycles. The molecule has 0 amide bonds. The van der Waals surface area contributed by atoms with Gasteiger partial charge < -0.3 is 9.64 Å². The van der Waals surface area contributed by atoms with Gasteiger partial charge in [0.15, 0.2) is 0 Å². The first-order valence-electron chi connectivity index (χ1n) is 5.64. The first-order chi connectivity index (χ1) is 7.77. The maximum absolute atomic E-state index is 10.7. The highest BCUT2D eigenvalue weighted by Crippen LogP contribution is 2.25. The zero-order valence-corrected chi connectivity index (χ0v) is 9.53. The van der Waals surface area contributed by atoms with Crippen molar-refractivity contribution in [1.29, 1.82) is 0 Å². The number of nitrogens with zero attached hydrogens (tertiary/aromatic N) is 1. The minimum atomic E-state index is -0.210. The molecule has 1 aromatic carbocycles. The Hall–Kier alpha value is -1.51. The van der Waals surface area contributed by atoms with E-state index in [0.29, 0.717) is 6.61 Å². The summed E-state index contributed by atoms with van der Waals surface area (Å²) in [6, 6.07) is 9.17. The van der Waals surface area contributed by atoms with Crippen molar-refractivity contribution in [3.8, 4) is 0 Å². The van der Waals surface area contributed by atoms with E-state index in [0.717, 1.165) is 25.9 Å². The van der Waals surface area contributed by atoms with Gasteiger partial charge in [0.2, 0.25) is 0 Å². The van der Waals surface area contributed by atoms with Gasteiger partial charge in [-0.1, -0.05) is 6.07 Å². The van der Waals surface area contributed by atoms with E-state index in [4.69, 9.17) is 4.74 Å². The van der Waals surface area contributed by atoms with Crippen LogP contribution in [0.1, 0.15) is 18.9 Å². The second kappa shape index (κ2) is 5.01. The monoisotopic (exact) mass is 218 g/mol. The summed E-state index contributed by atoms with van der Waals surface area (Å²) >= 11 is 0. The van der Waals surface area contributed by atoms with Crippen molar-refractivity contribution in [2.75, 3.05) is 24.6 Å². The molecule has 0 aromatic heterocycles. The Bertz CT molecular complexity index is 376. The van der Waals surface area contributed by atoms with Crippen LogP contribution in [0.4, 0.5) is 5.69 Å². The number of ether oxygens (including phenoxy) is 1. The number of rotatable bonds is 3. The van der Waals surface area contributed by atoms with Crippen molar-refractivity contribution in [2.24, 2.45) is 0 Å². The molecule has 0 unspecified atom stereocenters. The lowest BCUT2D eigenvalue weighted by atomic mass is 10.0. The predicted octanol–water partition coefficient (Wildman–Crippen LogP) is 1.80. The fourth-order valence-corrected chi connectivity index (χ4v) is 2.08. The molecular weight excluding hydrogens is 202 g/mol. The molecule has 0 atom stereocenters. The van der Waals surface area contributed by atoms with Crippen LogP contribution in [-0.4, -0.2) is 25.7 Å². The number of carbonyl (C=O) groups is 1. The molecule has 0 fully saturated rings. The molecule has 0 spiro atoms. The number of anilines is 1. The normalized spacial score (nSPS) is 14.4. The Labute approximate surface area is 96.0 Å². The standard InChI is InChI=1S/C13H16NO2/c1-11(15)16-10-9-14-8-4-6-12-5-2-3-7-13(12)14/h3,5,7H,4,6,8-10H2,1H3. The molecule has 3 heteroatoms. The Balaban J connectivity index is 1.99. The summed E-state index contributed by atoms with van der Waals surface area (Å²) in [5.74, 6) is -0.210. The number of benzene rings is 1. The number of hydrogen-bond acceptors (Lipinski definition) is 3. The summed E-state index contributed by atoms with van der Waals surface area (Å²) in [7, 11) is 0. The molecule has 1 aromatic rings. The van der Waals surface area contributed by atoms with Crippen LogP contribution < -0.4 is 4.90 Å². The van der Waals surface area contributed by atoms with Crippen LogP contribution in [0.5, 0.6) is 0 Å². The van der Waals surface area contributed by atoms with Gasteiger partial charge in [-0.15, -0.1) is 0 Å². The smallest absolute Gasteiger partial charge is 0.302 e. The highest BCUT2D eigenvalue weighted by atomic mass is 16.5. The minimum absolute atomic E-state index is 0.210. The molecule has 1 radical (unpaired) electrons. The van der Waals surface area contributed by atoms with Crippen molar-refractivity contribution in [3.05, 3.63) is 29.8 Å². The van der Waals surface area contributed by atoms with Crippen LogP contribution in [0, 0.1) is 6.07 Å². The van der Waals surface area contributed by atoms with E-state index < -0.39 is 0 Å². The van der Waals surface area contributed by atoms with Gasteiger partial charge in [-0.25, -0.2) is 0 Å².